The Labute approximate surface area is 242 Å². The number of pyridine rings is 1. The fraction of sp³-hybridized carbons (Fsp3) is 0.241. The van der Waals surface area contributed by atoms with Crippen molar-refractivity contribution in [3.8, 4) is 17.4 Å². The molecule has 2 aromatic carbocycles. The second-order valence-corrected chi connectivity index (χ2v) is 9.52. The van der Waals surface area contributed by atoms with E-state index in [1.165, 1.54) is 43.6 Å². The molecule has 1 aliphatic rings. The van der Waals surface area contributed by atoms with Gasteiger partial charge in [0.1, 0.15) is 18.1 Å². The van der Waals surface area contributed by atoms with Crippen LogP contribution in [0.2, 0.25) is 0 Å². The van der Waals surface area contributed by atoms with E-state index in [2.05, 4.69) is 9.72 Å². The highest BCUT2D eigenvalue weighted by Gasteiger charge is 2.45. The van der Waals surface area contributed by atoms with Gasteiger partial charge in [-0.25, -0.2) is 14.6 Å². The second kappa shape index (κ2) is 11.9. The summed E-state index contributed by atoms with van der Waals surface area (Å²) in [5.74, 6) is -5.81. The Bertz CT molecular complexity index is 1570. The van der Waals surface area contributed by atoms with Gasteiger partial charge in [0.2, 0.25) is 11.5 Å². The number of halogens is 3. The lowest BCUT2D eigenvalue weighted by Gasteiger charge is -2.25. The Morgan fingerprint density at radius 1 is 0.907 bits per heavy atom. The number of aromatic nitrogens is 1. The molecule has 1 aromatic heterocycles. The number of carbonyl (C=O) groups is 5. The van der Waals surface area contributed by atoms with Crippen molar-refractivity contribution in [2.24, 2.45) is 0 Å². The van der Waals surface area contributed by atoms with E-state index in [0.29, 0.717) is 11.1 Å². The highest BCUT2D eigenvalue weighted by atomic mass is 19.4. The predicted octanol–water partition coefficient (Wildman–Crippen LogP) is 3.79. The lowest BCUT2D eigenvalue weighted by atomic mass is 10.0. The zero-order chi connectivity index (χ0) is 31.5. The summed E-state index contributed by atoms with van der Waals surface area (Å²) in [6.45, 7) is 2.02. The highest BCUT2D eigenvalue weighted by molar-refractivity contribution is 6.21. The minimum absolute atomic E-state index is 0.0337. The molecule has 4 rings (SSSR count). The number of ether oxygens (including phenoxy) is 4. The summed E-state index contributed by atoms with van der Waals surface area (Å²) in [5.41, 5.74) is -1.56. The monoisotopic (exact) mass is 600 g/mol. The average molecular weight is 601 g/mol. The number of benzene rings is 2. The van der Waals surface area contributed by atoms with E-state index in [1.807, 2.05) is 0 Å². The Balaban J connectivity index is 1.44. The molecule has 0 spiro atoms. The number of imide groups is 1. The molecule has 2 heterocycles. The van der Waals surface area contributed by atoms with E-state index < -0.39 is 41.3 Å². The Morgan fingerprint density at radius 2 is 1.56 bits per heavy atom. The van der Waals surface area contributed by atoms with Crippen LogP contribution in [-0.2, 0) is 14.3 Å². The molecule has 0 bridgehead atoms. The molecule has 1 aliphatic heterocycles. The molecule has 0 aliphatic carbocycles. The van der Waals surface area contributed by atoms with Crippen molar-refractivity contribution in [2.45, 2.75) is 25.6 Å². The first-order valence-corrected chi connectivity index (χ1v) is 12.5. The molecule has 0 radical (unpaired) electrons. The average Bonchev–Trinajstić information content (AvgIpc) is 3.21. The smallest absolute Gasteiger partial charge is 0.491 e. The number of methoxy groups -OCH3 is 1. The molecule has 14 heteroatoms. The maximum atomic E-state index is 13.3. The SMILES string of the molecule is COc1ccc(C(=O)c2ccc(OCCN3C(=O)c4ccccc4C3=O)nc2)c(OC(C)(C)C(=O)OC(=O)C(F)(F)F)c1. The third-order valence-electron chi connectivity index (χ3n) is 6.15. The van der Waals surface area contributed by atoms with Crippen LogP contribution in [0.1, 0.15) is 50.5 Å². The molecule has 0 atom stereocenters. The zero-order valence-electron chi connectivity index (χ0n) is 22.9. The zero-order valence-corrected chi connectivity index (χ0v) is 22.9. The van der Waals surface area contributed by atoms with E-state index in [9.17, 15) is 37.1 Å². The van der Waals surface area contributed by atoms with Gasteiger partial charge in [0.05, 0.1) is 30.3 Å². The van der Waals surface area contributed by atoms with E-state index in [4.69, 9.17) is 14.2 Å². The van der Waals surface area contributed by atoms with Crippen molar-refractivity contribution in [3.05, 3.63) is 83.0 Å². The first-order chi connectivity index (χ1) is 20.2. The van der Waals surface area contributed by atoms with Crippen molar-refractivity contribution in [2.75, 3.05) is 20.3 Å². The minimum atomic E-state index is -5.40. The van der Waals surface area contributed by atoms with E-state index in [1.54, 1.807) is 24.3 Å². The molecular formula is C29H23F3N2O9. The van der Waals surface area contributed by atoms with Crippen molar-refractivity contribution < 1.29 is 56.1 Å². The van der Waals surface area contributed by atoms with Crippen molar-refractivity contribution in [3.63, 3.8) is 0 Å². The number of hydrogen-bond donors (Lipinski definition) is 0. The molecule has 0 fully saturated rings. The fourth-order valence-electron chi connectivity index (χ4n) is 3.92. The molecule has 0 N–H and O–H groups in total. The molecular weight excluding hydrogens is 577 g/mol. The number of amides is 2. The van der Waals surface area contributed by atoms with Gasteiger partial charge in [0, 0.05) is 23.9 Å². The van der Waals surface area contributed by atoms with Crippen LogP contribution in [0, 0.1) is 0 Å². The summed E-state index contributed by atoms with van der Waals surface area (Å²) < 4.78 is 57.8. The van der Waals surface area contributed by atoms with Crippen LogP contribution in [0.15, 0.2) is 60.8 Å². The Kier molecular flexibility index (Phi) is 8.50. The highest BCUT2D eigenvalue weighted by Crippen LogP contribution is 2.31. The molecule has 11 nitrogen and oxygen atoms in total. The van der Waals surface area contributed by atoms with Gasteiger partial charge in [-0.3, -0.25) is 19.3 Å². The van der Waals surface area contributed by atoms with Gasteiger partial charge in [0.25, 0.3) is 11.8 Å². The lowest BCUT2D eigenvalue weighted by Crippen LogP contribution is -2.43. The van der Waals surface area contributed by atoms with Crippen LogP contribution in [0.3, 0.4) is 0 Å². The summed E-state index contributed by atoms with van der Waals surface area (Å²) in [7, 11) is 1.32. The molecule has 0 unspecified atom stereocenters. The third-order valence-corrected chi connectivity index (χ3v) is 6.15. The van der Waals surface area contributed by atoms with Gasteiger partial charge in [0.15, 0.2) is 5.78 Å². The number of fused-ring (bicyclic) bond motifs is 1. The van der Waals surface area contributed by atoms with Crippen LogP contribution < -0.4 is 14.2 Å². The van der Waals surface area contributed by atoms with E-state index in [0.717, 1.165) is 18.7 Å². The van der Waals surface area contributed by atoms with Gasteiger partial charge in [-0.05, 0) is 44.2 Å². The van der Waals surface area contributed by atoms with Crippen LogP contribution in [-0.4, -0.2) is 71.5 Å². The first-order valence-electron chi connectivity index (χ1n) is 12.5. The number of alkyl halides is 3. The number of ketones is 1. The molecule has 0 saturated carbocycles. The van der Waals surface area contributed by atoms with Crippen molar-refractivity contribution in [1.82, 2.24) is 9.88 Å². The Morgan fingerprint density at radius 3 is 2.12 bits per heavy atom. The van der Waals surface area contributed by atoms with Gasteiger partial charge < -0.3 is 18.9 Å². The number of rotatable bonds is 10. The van der Waals surface area contributed by atoms with Crippen molar-refractivity contribution in [1.29, 1.82) is 0 Å². The predicted molar refractivity (Wildman–Crippen MR) is 140 cm³/mol. The summed E-state index contributed by atoms with van der Waals surface area (Å²) in [5, 5.41) is 0. The molecule has 224 valence electrons. The minimum Gasteiger partial charge on any atom is -0.497 e. The summed E-state index contributed by atoms with van der Waals surface area (Å²) in [6, 6.07) is 13.2. The number of hydrogen-bond acceptors (Lipinski definition) is 10. The van der Waals surface area contributed by atoms with Crippen LogP contribution in [0.25, 0.3) is 0 Å². The van der Waals surface area contributed by atoms with Crippen LogP contribution in [0.5, 0.6) is 17.4 Å². The summed E-state index contributed by atoms with van der Waals surface area (Å²) in [4.78, 5) is 66.8. The molecule has 3 aromatic rings. The van der Waals surface area contributed by atoms with Gasteiger partial charge in [-0.15, -0.1) is 0 Å². The number of nitrogens with zero attached hydrogens (tertiary/aromatic N) is 2. The quantitative estimate of drug-likeness (QED) is 0.146. The lowest BCUT2D eigenvalue weighted by molar-refractivity contribution is -0.206. The second-order valence-electron chi connectivity index (χ2n) is 9.52. The van der Waals surface area contributed by atoms with Crippen molar-refractivity contribution >= 4 is 29.5 Å². The number of carbonyl (C=O) groups excluding carboxylic acids is 5. The standard InChI is InChI=1S/C29H23F3N2O9/c1-28(2,26(38)42-27(39)29(30,31)32)43-21-14-17(40-3)9-10-20(21)23(35)16-8-11-22(33-15-16)41-13-12-34-24(36)18-6-4-5-7-19(18)25(34)37/h4-11,14-15H,12-13H2,1-3H3. The summed E-state index contributed by atoms with van der Waals surface area (Å²) in [6.07, 6.45) is -4.21. The van der Waals surface area contributed by atoms with Crippen LogP contribution in [0.4, 0.5) is 13.2 Å². The Hall–Kier alpha value is -5.27. The largest absolute Gasteiger partial charge is 0.497 e. The van der Waals surface area contributed by atoms with E-state index in [-0.39, 0.29) is 41.7 Å². The van der Waals surface area contributed by atoms with Crippen LogP contribution >= 0.6 is 0 Å². The molecule has 43 heavy (non-hydrogen) atoms. The fourth-order valence-corrected chi connectivity index (χ4v) is 3.92. The first kappa shape index (κ1) is 30.7. The maximum absolute atomic E-state index is 13.3. The van der Waals surface area contributed by atoms with Gasteiger partial charge >= 0.3 is 18.1 Å². The normalized spacial score (nSPS) is 12.9. The third kappa shape index (κ3) is 6.63. The van der Waals surface area contributed by atoms with Gasteiger partial charge in [-0.2, -0.15) is 13.2 Å². The maximum Gasteiger partial charge on any atom is 0.491 e. The number of esters is 2. The molecule has 2 amide bonds. The van der Waals surface area contributed by atoms with E-state index >= 15 is 0 Å². The summed E-state index contributed by atoms with van der Waals surface area (Å²) >= 11 is 0. The molecule has 0 saturated heterocycles. The topological polar surface area (TPSA) is 138 Å². The van der Waals surface area contributed by atoms with Gasteiger partial charge in [-0.1, -0.05) is 12.1 Å².